The first-order chi connectivity index (χ1) is 17.7. The number of hydrogen-bond donors (Lipinski definition) is 2. The van der Waals surface area contributed by atoms with Crippen LogP contribution in [0.2, 0.25) is 0 Å². The largest absolute Gasteiger partial charge is 0.353 e. The Morgan fingerprint density at radius 3 is 2.72 bits per heavy atom. The Hall–Kier alpha value is -4.37. The number of nitrogens with zero attached hydrogens (tertiary/aromatic N) is 7. The number of pyridine rings is 3. The highest BCUT2D eigenvalue weighted by Crippen LogP contribution is 2.32. The minimum absolute atomic E-state index is 0.832. The van der Waals surface area contributed by atoms with Gasteiger partial charge in [-0.05, 0) is 62.7 Å². The molecule has 36 heavy (non-hydrogen) atoms. The summed E-state index contributed by atoms with van der Waals surface area (Å²) in [6, 6.07) is 8.37. The van der Waals surface area contributed by atoms with Gasteiger partial charge in [0.25, 0.3) is 0 Å². The summed E-state index contributed by atoms with van der Waals surface area (Å²) in [6.07, 6.45) is 13.8. The van der Waals surface area contributed by atoms with Gasteiger partial charge >= 0.3 is 0 Å². The van der Waals surface area contributed by atoms with Gasteiger partial charge < -0.3 is 4.98 Å². The average molecular weight is 476 g/mol. The van der Waals surface area contributed by atoms with Gasteiger partial charge in [-0.2, -0.15) is 5.10 Å². The lowest BCUT2D eigenvalue weighted by atomic mass is 10.1. The highest BCUT2D eigenvalue weighted by molar-refractivity contribution is 5.98. The van der Waals surface area contributed by atoms with Crippen molar-refractivity contribution in [2.45, 2.75) is 26.3 Å². The SMILES string of the molecule is Cc1cn(-c2nccc3[nH]c(-c4n[nH]c5cnc(-c6cncc(CN7CCCC7)c6)cc45)cc23)cn1. The summed E-state index contributed by atoms with van der Waals surface area (Å²) in [6.45, 7) is 5.23. The van der Waals surface area contributed by atoms with Gasteiger partial charge in [0.05, 0.1) is 34.3 Å². The molecule has 6 aromatic heterocycles. The van der Waals surface area contributed by atoms with Gasteiger partial charge in [0, 0.05) is 47.7 Å². The molecule has 0 aromatic carbocycles. The summed E-state index contributed by atoms with van der Waals surface area (Å²) >= 11 is 0. The van der Waals surface area contributed by atoms with Crippen LogP contribution in [0.3, 0.4) is 0 Å². The molecule has 6 aromatic rings. The number of aromatic amines is 2. The van der Waals surface area contributed by atoms with Crippen LogP contribution in [-0.2, 0) is 6.54 Å². The topological polar surface area (TPSA) is 104 Å². The van der Waals surface area contributed by atoms with Gasteiger partial charge in [-0.1, -0.05) is 0 Å². The molecule has 178 valence electrons. The Balaban J connectivity index is 1.28. The average Bonchev–Trinajstić information content (AvgIpc) is 3.70. The summed E-state index contributed by atoms with van der Waals surface area (Å²) < 4.78 is 1.95. The summed E-state index contributed by atoms with van der Waals surface area (Å²) in [7, 11) is 0. The van der Waals surface area contributed by atoms with E-state index in [1.807, 2.05) is 42.3 Å². The number of rotatable bonds is 5. The zero-order valence-corrected chi connectivity index (χ0v) is 19.9. The van der Waals surface area contributed by atoms with Crippen LogP contribution in [0.5, 0.6) is 0 Å². The van der Waals surface area contributed by atoms with Crippen LogP contribution in [0.1, 0.15) is 24.1 Å². The number of aromatic nitrogens is 8. The van der Waals surface area contributed by atoms with Crippen LogP contribution in [0.25, 0.3) is 50.3 Å². The van der Waals surface area contributed by atoms with E-state index in [0.29, 0.717) is 0 Å². The first-order valence-electron chi connectivity index (χ1n) is 12.2. The van der Waals surface area contributed by atoms with Gasteiger partial charge in [0.2, 0.25) is 0 Å². The van der Waals surface area contributed by atoms with E-state index in [0.717, 1.165) is 75.6 Å². The molecule has 9 nitrogen and oxygen atoms in total. The van der Waals surface area contributed by atoms with Crippen molar-refractivity contribution in [3.8, 4) is 28.5 Å². The van der Waals surface area contributed by atoms with E-state index in [4.69, 9.17) is 4.98 Å². The van der Waals surface area contributed by atoms with Crippen LogP contribution in [0.4, 0.5) is 0 Å². The lowest BCUT2D eigenvalue weighted by Gasteiger charge is -2.14. The Morgan fingerprint density at radius 1 is 0.944 bits per heavy atom. The van der Waals surface area contributed by atoms with Crippen LogP contribution >= 0.6 is 0 Å². The van der Waals surface area contributed by atoms with Gasteiger partial charge in [-0.3, -0.25) is 24.5 Å². The Morgan fingerprint density at radius 2 is 1.86 bits per heavy atom. The minimum Gasteiger partial charge on any atom is -0.353 e. The van der Waals surface area contributed by atoms with Crippen molar-refractivity contribution in [3.63, 3.8) is 0 Å². The second-order valence-corrected chi connectivity index (χ2v) is 9.45. The normalized spacial score (nSPS) is 14.4. The number of H-pyrrole nitrogens is 2. The third kappa shape index (κ3) is 3.64. The molecule has 0 amide bonds. The second kappa shape index (κ2) is 8.39. The Kier molecular flexibility index (Phi) is 4.88. The predicted molar refractivity (Wildman–Crippen MR) is 139 cm³/mol. The number of likely N-dealkylation sites (tertiary alicyclic amines) is 1. The highest BCUT2D eigenvalue weighted by atomic mass is 15.1. The first kappa shape index (κ1) is 21.0. The minimum atomic E-state index is 0.832. The maximum atomic E-state index is 4.70. The van der Waals surface area contributed by atoms with E-state index >= 15 is 0 Å². The quantitative estimate of drug-likeness (QED) is 0.376. The van der Waals surface area contributed by atoms with Gasteiger partial charge in [0.15, 0.2) is 0 Å². The smallest absolute Gasteiger partial charge is 0.147 e. The van der Waals surface area contributed by atoms with Crippen LogP contribution in [0.15, 0.2) is 61.6 Å². The lowest BCUT2D eigenvalue weighted by molar-refractivity contribution is 0.331. The van der Waals surface area contributed by atoms with Crippen molar-refractivity contribution >= 4 is 21.8 Å². The van der Waals surface area contributed by atoms with E-state index in [9.17, 15) is 0 Å². The molecule has 0 aliphatic carbocycles. The first-order valence-corrected chi connectivity index (χ1v) is 12.2. The molecule has 1 aliphatic heterocycles. The molecule has 0 bridgehead atoms. The zero-order chi connectivity index (χ0) is 24.1. The molecular formula is C27H25N9. The van der Waals surface area contributed by atoms with Crippen molar-refractivity contribution < 1.29 is 0 Å². The fourth-order valence-electron chi connectivity index (χ4n) is 5.10. The van der Waals surface area contributed by atoms with Gasteiger partial charge in [-0.15, -0.1) is 0 Å². The molecule has 1 aliphatic rings. The van der Waals surface area contributed by atoms with E-state index in [2.05, 4.69) is 53.2 Å². The number of hydrogen-bond acceptors (Lipinski definition) is 6. The molecule has 2 N–H and O–H groups in total. The number of aryl methyl sites for hydroxylation is 1. The molecule has 9 heteroatoms. The van der Waals surface area contributed by atoms with Gasteiger partial charge in [-0.25, -0.2) is 9.97 Å². The maximum absolute atomic E-state index is 4.70. The molecule has 0 spiro atoms. The van der Waals surface area contributed by atoms with Crippen molar-refractivity contribution in [1.29, 1.82) is 0 Å². The van der Waals surface area contributed by atoms with Crippen molar-refractivity contribution in [2.24, 2.45) is 0 Å². The van der Waals surface area contributed by atoms with Crippen LogP contribution in [0, 0.1) is 6.92 Å². The summed E-state index contributed by atoms with van der Waals surface area (Å²) in [5.41, 5.74) is 7.70. The molecule has 1 saturated heterocycles. The highest BCUT2D eigenvalue weighted by Gasteiger charge is 2.16. The molecule has 0 radical (unpaired) electrons. The van der Waals surface area contributed by atoms with E-state index < -0.39 is 0 Å². The third-order valence-corrected chi connectivity index (χ3v) is 6.88. The van der Waals surface area contributed by atoms with E-state index in [-0.39, 0.29) is 0 Å². The molecule has 7 rings (SSSR count). The summed E-state index contributed by atoms with van der Waals surface area (Å²) in [5, 5.41) is 9.78. The Bertz CT molecular complexity index is 1700. The Labute approximate surface area is 207 Å². The number of nitrogens with one attached hydrogen (secondary N) is 2. The molecule has 0 unspecified atom stereocenters. The fourth-order valence-corrected chi connectivity index (χ4v) is 5.10. The van der Waals surface area contributed by atoms with Crippen molar-refractivity contribution in [2.75, 3.05) is 13.1 Å². The maximum Gasteiger partial charge on any atom is 0.147 e. The standard InChI is InChI=1S/C27H25N9/c1-17-14-36(16-31-17)27-21-10-24(32-22(21)4-5-29-27)26-20-9-23(30-13-25(20)33-34-26)19-8-18(11-28-12-19)15-35-6-2-3-7-35/h4-5,8-14,16,32H,2-3,6-7,15H2,1H3,(H,33,34). The second-order valence-electron chi connectivity index (χ2n) is 9.45. The molecule has 1 fully saturated rings. The monoisotopic (exact) mass is 475 g/mol. The lowest BCUT2D eigenvalue weighted by Crippen LogP contribution is -2.18. The molecule has 0 saturated carbocycles. The number of imidazole rings is 1. The fraction of sp³-hybridized carbons (Fsp3) is 0.222. The van der Waals surface area contributed by atoms with Crippen molar-refractivity contribution in [3.05, 3.63) is 72.8 Å². The molecule has 0 atom stereocenters. The van der Waals surface area contributed by atoms with E-state index in [1.165, 1.54) is 18.4 Å². The predicted octanol–water partition coefficient (Wildman–Crippen LogP) is 4.65. The molecule has 7 heterocycles. The summed E-state index contributed by atoms with van der Waals surface area (Å²) in [5.74, 6) is 0.832. The van der Waals surface area contributed by atoms with Crippen LogP contribution in [-0.4, -0.2) is 57.7 Å². The molecular weight excluding hydrogens is 450 g/mol. The third-order valence-electron chi connectivity index (χ3n) is 6.88. The number of fused-ring (bicyclic) bond motifs is 2. The van der Waals surface area contributed by atoms with Crippen molar-refractivity contribution in [1.82, 2.24) is 44.6 Å². The zero-order valence-electron chi connectivity index (χ0n) is 19.9. The van der Waals surface area contributed by atoms with E-state index in [1.54, 1.807) is 12.5 Å². The summed E-state index contributed by atoms with van der Waals surface area (Å²) in [4.78, 5) is 24.2. The van der Waals surface area contributed by atoms with Gasteiger partial charge in [0.1, 0.15) is 17.8 Å². The van der Waals surface area contributed by atoms with Crippen LogP contribution < -0.4 is 0 Å².